The van der Waals surface area contributed by atoms with Crippen molar-refractivity contribution in [3.63, 3.8) is 0 Å². The molecule has 22 heavy (non-hydrogen) atoms. The van der Waals surface area contributed by atoms with Crippen molar-refractivity contribution >= 4 is 5.97 Å². The maximum atomic E-state index is 13.0. The number of aromatic nitrogens is 2. The summed E-state index contributed by atoms with van der Waals surface area (Å²) in [7, 11) is 0. The molecule has 1 heterocycles. The van der Waals surface area contributed by atoms with Crippen LogP contribution in [0.3, 0.4) is 0 Å². The van der Waals surface area contributed by atoms with Gasteiger partial charge >= 0.3 is 5.97 Å². The van der Waals surface area contributed by atoms with Gasteiger partial charge in [0.25, 0.3) is 5.89 Å². The Kier molecular flexibility index (Phi) is 3.91. The molecule has 0 radical (unpaired) electrons. The molecule has 3 aromatic rings. The molecule has 5 nitrogen and oxygen atoms in total. The fraction of sp³-hybridized carbons (Fsp3) is 0.0625. The number of benzene rings is 2. The first-order valence-electron chi connectivity index (χ1n) is 6.53. The predicted octanol–water partition coefficient (Wildman–Crippen LogP) is 3.23. The highest BCUT2D eigenvalue weighted by molar-refractivity contribution is 5.89. The van der Waals surface area contributed by atoms with Gasteiger partial charge in [-0.3, -0.25) is 0 Å². The number of hydrogen-bond donors (Lipinski definition) is 0. The van der Waals surface area contributed by atoms with Crippen LogP contribution in [0.1, 0.15) is 16.2 Å². The summed E-state index contributed by atoms with van der Waals surface area (Å²) >= 11 is 0. The Morgan fingerprint density at radius 1 is 1.09 bits per heavy atom. The first-order chi connectivity index (χ1) is 10.7. The Morgan fingerprint density at radius 3 is 2.68 bits per heavy atom. The third kappa shape index (κ3) is 3.17. The van der Waals surface area contributed by atoms with E-state index >= 15 is 0 Å². The fourth-order valence-electron chi connectivity index (χ4n) is 1.84. The lowest BCUT2D eigenvalue weighted by Crippen LogP contribution is -2.05. The molecule has 0 bridgehead atoms. The number of ether oxygens (including phenoxy) is 1. The first-order valence-corrected chi connectivity index (χ1v) is 6.53. The molecule has 2 aromatic carbocycles. The summed E-state index contributed by atoms with van der Waals surface area (Å²) in [6.07, 6.45) is 0. The number of hydrogen-bond acceptors (Lipinski definition) is 5. The molecule has 0 aliphatic carbocycles. The first kappa shape index (κ1) is 13.9. The number of rotatable bonds is 4. The lowest BCUT2D eigenvalue weighted by molar-refractivity contribution is 0.0438. The van der Waals surface area contributed by atoms with Crippen molar-refractivity contribution in [1.82, 2.24) is 10.2 Å². The topological polar surface area (TPSA) is 65.2 Å². The van der Waals surface area contributed by atoms with E-state index in [-0.39, 0.29) is 18.1 Å². The molecule has 0 aliphatic rings. The smallest absolute Gasteiger partial charge is 0.338 e. The van der Waals surface area contributed by atoms with Crippen LogP contribution in [0.5, 0.6) is 0 Å². The maximum absolute atomic E-state index is 13.0. The van der Waals surface area contributed by atoms with Crippen LogP contribution in [0.15, 0.2) is 59.0 Å². The van der Waals surface area contributed by atoms with Crippen LogP contribution in [0, 0.1) is 5.82 Å². The second-order valence-corrected chi connectivity index (χ2v) is 4.45. The molecule has 0 saturated heterocycles. The molecule has 0 spiro atoms. The van der Waals surface area contributed by atoms with Gasteiger partial charge in [0, 0.05) is 5.56 Å². The molecule has 0 amide bonds. The van der Waals surface area contributed by atoms with E-state index < -0.39 is 11.8 Å². The van der Waals surface area contributed by atoms with Gasteiger partial charge in [0.05, 0.1) is 5.56 Å². The molecule has 0 fully saturated rings. The molecule has 0 aliphatic heterocycles. The molecule has 3 rings (SSSR count). The van der Waals surface area contributed by atoms with E-state index in [9.17, 15) is 9.18 Å². The van der Waals surface area contributed by atoms with Gasteiger partial charge in [-0.25, -0.2) is 9.18 Å². The highest BCUT2D eigenvalue weighted by Crippen LogP contribution is 2.17. The zero-order chi connectivity index (χ0) is 15.4. The van der Waals surface area contributed by atoms with Gasteiger partial charge in [-0.2, -0.15) is 0 Å². The Morgan fingerprint density at radius 2 is 1.91 bits per heavy atom. The van der Waals surface area contributed by atoms with Crippen molar-refractivity contribution in [2.45, 2.75) is 6.61 Å². The van der Waals surface area contributed by atoms with Gasteiger partial charge < -0.3 is 9.15 Å². The van der Waals surface area contributed by atoms with Gasteiger partial charge in [-0.05, 0) is 30.3 Å². The summed E-state index contributed by atoms with van der Waals surface area (Å²) in [4.78, 5) is 11.8. The number of carbonyl (C=O) groups is 1. The van der Waals surface area contributed by atoms with E-state index in [1.807, 2.05) is 30.3 Å². The predicted molar refractivity (Wildman–Crippen MR) is 75.3 cm³/mol. The molecule has 0 N–H and O–H groups in total. The van der Waals surface area contributed by atoms with Crippen LogP contribution in [-0.2, 0) is 11.3 Å². The molecule has 1 aromatic heterocycles. The van der Waals surface area contributed by atoms with Gasteiger partial charge in [0.15, 0.2) is 6.61 Å². The Hall–Kier alpha value is -3.02. The number of esters is 1. The highest BCUT2D eigenvalue weighted by Gasteiger charge is 2.12. The molecule has 0 unspecified atom stereocenters. The summed E-state index contributed by atoms with van der Waals surface area (Å²) in [6.45, 7) is -0.171. The quantitative estimate of drug-likeness (QED) is 0.692. The molecule has 6 heteroatoms. The lowest BCUT2D eigenvalue weighted by atomic mass is 10.2. The van der Waals surface area contributed by atoms with E-state index in [1.165, 1.54) is 18.2 Å². The van der Waals surface area contributed by atoms with Gasteiger partial charge in [-0.1, -0.05) is 24.3 Å². The summed E-state index contributed by atoms with van der Waals surface area (Å²) < 4.78 is 23.5. The largest absolute Gasteiger partial charge is 0.452 e. The van der Waals surface area contributed by atoms with Crippen molar-refractivity contribution in [2.75, 3.05) is 0 Å². The van der Waals surface area contributed by atoms with Crippen molar-refractivity contribution in [1.29, 1.82) is 0 Å². The van der Waals surface area contributed by atoms with Crippen LogP contribution in [0.2, 0.25) is 0 Å². The van der Waals surface area contributed by atoms with Crippen LogP contribution >= 0.6 is 0 Å². The minimum atomic E-state index is -0.654. The van der Waals surface area contributed by atoms with Gasteiger partial charge in [0.2, 0.25) is 5.89 Å². The summed E-state index contributed by atoms with van der Waals surface area (Å²) in [5.74, 6) is -0.640. The highest BCUT2D eigenvalue weighted by atomic mass is 19.1. The van der Waals surface area contributed by atoms with E-state index in [1.54, 1.807) is 0 Å². The third-order valence-electron chi connectivity index (χ3n) is 2.87. The molecule has 0 atom stereocenters. The second-order valence-electron chi connectivity index (χ2n) is 4.45. The minimum Gasteiger partial charge on any atom is -0.452 e. The van der Waals surface area contributed by atoms with Crippen LogP contribution in [0.4, 0.5) is 4.39 Å². The van der Waals surface area contributed by atoms with Crippen LogP contribution < -0.4 is 0 Å². The summed E-state index contributed by atoms with van der Waals surface area (Å²) in [5.41, 5.74) is 0.903. The minimum absolute atomic E-state index is 0.128. The van der Waals surface area contributed by atoms with Crippen LogP contribution in [0.25, 0.3) is 11.5 Å². The van der Waals surface area contributed by atoms with E-state index in [0.29, 0.717) is 5.89 Å². The average Bonchev–Trinajstić information content (AvgIpc) is 3.02. The average molecular weight is 298 g/mol. The van der Waals surface area contributed by atoms with E-state index in [4.69, 9.17) is 9.15 Å². The standard InChI is InChI=1S/C16H11FN2O3/c17-13-8-4-7-12(9-13)16(20)21-10-14-18-19-15(22-14)11-5-2-1-3-6-11/h1-9H,10H2. The van der Waals surface area contributed by atoms with Gasteiger partial charge in [0.1, 0.15) is 5.82 Å². The maximum Gasteiger partial charge on any atom is 0.338 e. The van der Waals surface area contributed by atoms with Crippen molar-refractivity contribution in [2.24, 2.45) is 0 Å². The molecule has 0 saturated carbocycles. The monoisotopic (exact) mass is 298 g/mol. The second kappa shape index (κ2) is 6.17. The summed E-state index contributed by atoms with van der Waals surface area (Å²) in [6, 6.07) is 14.5. The third-order valence-corrected chi connectivity index (χ3v) is 2.87. The van der Waals surface area contributed by atoms with Crippen molar-refractivity contribution in [3.05, 3.63) is 71.9 Å². The van der Waals surface area contributed by atoms with Crippen molar-refractivity contribution in [3.8, 4) is 11.5 Å². The van der Waals surface area contributed by atoms with Gasteiger partial charge in [-0.15, -0.1) is 10.2 Å². The van der Waals surface area contributed by atoms with Crippen LogP contribution in [-0.4, -0.2) is 16.2 Å². The number of halogens is 1. The zero-order valence-corrected chi connectivity index (χ0v) is 11.4. The Bertz CT molecular complexity index is 787. The molecule has 110 valence electrons. The Labute approximate surface area is 125 Å². The number of carbonyl (C=O) groups excluding carboxylic acids is 1. The Balaban J connectivity index is 1.65. The summed E-state index contributed by atoms with van der Waals surface area (Å²) in [5, 5.41) is 7.69. The van der Waals surface area contributed by atoms with E-state index in [2.05, 4.69) is 10.2 Å². The normalized spacial score (nSPS) is 10.4. The number of nitrogens with zero attached hydrogens (tertiary/aromatic N) is 2. The fourth-order valence-corrected chi connectivity index (χ4v) is 1.84. The SMILES string of the molecule is O=C(OCc1nnc(-c2ccccc2)o1)c1cccc(F)c1. The molecular formula is C16H11FN2O3. The van der Waals surface area contributed by atoms with Crippen molar-refractivity contribution < 1.29 is 18.3 Å². The zero-order valence-electron chi connectivity index (χ0n) is 11.4. The lowest BCUT2D eigenvalue weighted by Gasteiger charge is -2.01. The van der Waals surface area contributed by atoms with E-state index in [0.717, 1.165) is 11.6 Å². The molecular weight excluding hydrogens is 287 g/mol.